The lowest BCUT2D eigenvalue weighted by Crippen LogP contribution is -1.89. The minimum absolute atomic E-state index is 0.190. The van der Waals surface area contributed by atoms with Crippen molar-refractivity contribution in [2.75, 3.05) is 0 Å². The van der Waals surface area contributed by atoms with E-state index in [1.165, 1.54) is 36.6 Å². The van der Waals surface area contributed by atoms with Gasteiger partial charge in [0.05, 0.1) is 0 Å². The lowest BCUT2D eigenvalue weighted by molar-refractivity contribution is 0.628. The summed E-state index contributed by atoms with van der Waals surface area (Å²) in [6.45, 7) is 2.16. The lowest BCUT2D eigenvalue weighted by Gasteiger charge is -2.04. The summed E-state index contributed by atoms with van der Waals surface area (Å²) in [5, 5.41) is 0. The number of rotatable bonds is 3. The molecule has 0 aliphatic rings. The molecule has 0 spiro atoms. The Hall–Kier alpha value is -1.20. The Bertz CT molecular complexity index is 759. The van der Waals surface area contributed by atoms with Gasteiger partial charge in [-0.2, -0.15) is 0 Å². The molecule has 0 radical (unpaired) electrons. The van der Waals surface area contributed by atoms with Crippen molar-refractivity contribution in [3.8, 4) is 10.4 Å². The Morgan fingerprint density at radius 3 is 2.48 bits per heavy atom. The molecule has 0 saturated heterocycles. The van der Waals surface area contributed by atoms with Crippen LogP contribution in [0.15, 0.2) is 54.6 Å². The predicted molar refractivity (Wildman–Crippen MR) is 96.4 cm³/mol. The summed E-state index contributed by atoms with van der Waals surface area (Å²) in [6, 6.07) is 17.5. The molecular weight excluding hydrogens is 394 g/mol. The summed E-state index contributed by atoms with van der Waals surface area (Å²) in [7, 11) is 0. The quantitative estimate of drug-likeness (QED) is 0.463. The summed E-state index contributed by atoms with van der Waals surface area (Å²) in [6.07, 6.45) is 0.953. The molecule has 1 heterocycles. The minimum atomic E-state index is -0.190. The maximum atomic E-state index is 13.0. The number of benzene rings is 2. The molecule has 0 bridgehead atoms. The van der Waals surface area contributed by atoms with Crippen LogP contribution < -0.4 is 0 Å². The van der Waals surface area contributed by atoms with Gasteiger partial charge in [-0.3, -0.25) is 0 Å². The normalized spacial score (nSPS) is 10.8. The van der Waals surface area contributed by atoms with E-state index in [0.717, 1.165) is 12.0 Å². The Kier molecular flexibility index (Phi) is 4.40. The third kappa shape index (κ3) is 3.52. The van der Waals surface area contributed by atoms with E-state index >= 15 is 0 Å². The average Bonchev–Trinajstić information content (AvgIpc) is 2.91. The van der Waals surface area contributed by atoms with Gasteiger partial charge in [0.2, 0.25) is 0 Å². The Morgan fingerprint density at radius 1 is 1.00 bits per heavy atom. The van der Waals surface area contributed by atoms with Gasteiger partial charge in [-0.15, -0.1) is 11.3 Å². The van der Waals surface area contributed by atoms with Gasteiger partial charge in [0.1, 0.15) is 5.82 Å². The fraction of sp³-hybridized carbons (Fsp3) is 0.111. The van der Waals surface area contributed by atoms with E-state index in [4.69, 9.17) is 0 Å². The SMILES string of the molecule is Cc1cc(I)ccc1Cc1ccc(-c2ccc(F)cc2)s1. The molecule has 2 aromatic carbocycles. The number of thiophene rings is 1. The standard InChI is InChI=1S/C18H14FIS/c1-12-10-16(20)7-4-14(12)11-17-8-9-18(21-17)13-2-5-15(19)6-3-13/h2-10H,11H2,1H3. The van der Waals surface area contributed by atoms with Gasteiger partial charge >= 0.3 is 0 Å². The van der Waals surface area contributed by atoms with Crippen LogP contribution in [0.5, 0.6) is 0 Å². The molecule has 106 valence electrons. The van der Waals surface area contributed by atoms with E-state index in [1.54, 1.807) is 11.3 Å². The van der Waals surface area contributed by atoms with E-state index in [9.17, 15) is 4.39 Å². The molecule has 0 saturated carbocycles. The van der Waals surface area contributed by atoms with E-state index < -0.39 is 0 Å². The first kappa shape index (κ1) is 14.7. The Labute approximate surface area is 141 Å². The van der Waals surface area contributed by atoms with Crippen LogP contribution in [0.25, 0.3) is 10.4 Å². The van der Waals surface area contributed by atoms with Gasteiger partial charge in [0, 0.05) is 19.7 Å². The van der Waals surface area contributed by atoms with Gasteiger partial charge in [-0.25, -0.2) is 4.39 Å². The van der Waals surface area contributed by atoms with Crippen LogP contribution >= 0.6 is 33.9 Å². The molecule has 1 aromatic heterocycles. The van der Waals surface area contributed by atoms with E-state index in [0.29, 0.717) is 0 Å². The zero-order chi connectivity index (χ0) is 14.8. The van der Waals surface area contributed by atoms with E-state index in [-0.39, 0.29) is 5.82 Å². The van der Waals surface area contributed by atoms with Crippen LogP contribution in [0, 0.1) is 16.3 Å². The highest BCUT2D eigenvalue weighted by Crippen LogP contribution is 2.30. The second-order valence-corrected chi connectivity index (χ2v) is 7.43. The van der Waals surface area contributed by atoms with Crippen LogP contribution in [0.4, 0.5) is 4.39 Å². The average molecular weight is 408 g/mol. The molecule has 0 amide bonds. The molecule has 0 N–H and O–H groups in total. The first-order valence-electron chi connectivity index (χ1n) is 6.71. The maximum Gasteiger partial charge on any atom is 0.123 e. The van der Waals surface area contributed by atoms with Crippen molar-refractivity contribution in [3.05, 3.63) is 80.0 Å². The highest BCUT2D eigenvalue weighted by molar-refractivity contribution is 14.1. The fourth-order valence-electron chi connectivity index (χ4n) is 2.29. The highest BCUT2D eigenvalue weighted by Gasteiger charge is 2.06. The maximum absolute atomic E-state index is 13.0. The van der Waals surface area contributed by atoms with Crippen LogP contribution in [-0.2, 0) is 6.42 Å². The highest BCUT2D eigenvalue weighted by atomic mass is 127. The largest absolute Gasteiger partial charge is 0.207 e. The Morgan fingerprint density at radius 2 is 1.76 bits per heavy atom. The number of hydrogen-bond acceptors (Lipinski definition) is 1. The van der Waals surface area contributed by atoms with Gasteiger partial charge in [0.25, 0.3) is 0 Å². The van der Waals surface area contributed by atoms with Gasteiger partial charge < -0.3 is 0 Å². The first-order valence-corrected chi connectivity index (χ1v) is 8.61. The fourth-order valence-corrected chi connectivity index (χ4v) is 3.97. The molecular formula is C18H14FIS. The van der Waals surface area contributed by atoms with Crippen LogP contribution in [0.3, 0.4) is 0 Å². The van der Waals surface area contributed by atoms with Gasteiger partial charge in [-0.1, -0.05) is 18.2 Å². The predicted octanol–water partition coefficient (Wildman–Crippen LogP) is 6.06. The van der Waals surface area contributed by atoms with Crippen LogP contribution in [-0.4, -0.2) is 0 Å². The van der Waals surface area contributed by atoms with Crippen molar-refractivity contribution in [2.24, 2.45) is 0 Å². The first-order chi connectivity index (χ1) is 10.1. The smallest absolute Gasteiger partial charge is 0.123 e. The second-order valence-electron chi connectivity index (χ2n) is 5.02. The second kappa shape index (κ2) is 6.28. The molecule has 0 unspecified atom stereocenters. The molecule has 0 nitrogen and oxygen atoms in total. The molecule has 3 heteroatoms. The number of hydrogen-bond donors (Lipinski definition) is 0. The molecule has 21 heavy (non-hydrogen) atoms. The van der Waals surface area contributed by atoms with Gasteiger partial charge in [-0.05, 0) is 82.6 Å². The van der Waals surface area contributed by atoms with Crippen molar-refractivity contribution < 1.29 is 4.39 Å². The summed E-state index contributed by atoms with van der Waals surface area (Å²) in [5.74, 6) is -0.190. The number of aryl methyl sites for hydroxylation is 1. The molecule has 0 atom stereocenters. The third-order valence-corrected chi connectivity index (χ3v) is 5.27. The summed E-state index contributed by atoms with van der Waals surface area (Å²) in [4.78, 5) is 2.52. The molecule has 3 aromatic rings. The lowest BCUT2D eigenvalue weighted by atomic mass is 10.1. The molecule has 0 aliphatic heterocycles. The summed E-state index contributed by atoms with van der Waals surface area (Å²) in [5.41, 5.74) is 3.77. The monoisotopic (exact) mass is 408 g/mol. The van der Waals surface area contributed by atoms with E-state index in [1.807, 2.05) is 12.1 Å². The molecule has 3 rings (SSSR count). The van der Waals surface area contributed by atoms with Crippen molar-refractivity contribution in [1.82, 2.24) is 0 Å². The molecule has 0 fully saturated rings. The summed E-state index contributed by atoms with van der Waals surface area (Å²) < 4.78 is 14.2. The van der Waals surface area contributed by atoms with Gasteiger partial charge in [0.15, 0.2) is 0 Å². The third-order valence-electron chi connectivity index (χ3n) is 3.46. The van der Waals surface area contributed by atoms with Crippen molar-refractivity contribution in [2.45, 2.75) is 13.3 Å². The summed E-state index contributed by atoms with van der Waals surface area (Å²) >= 11 is 4.11. The van der Waals surface area contributed by atoms with Crippen LogP contribution in [0.1, 0.15) is 16.0 Å². The van der Waals surface area contributed by atoms with Crippen molar-refractivity contribution >= 4 is 33.9 Å². The zero-order valence-electron chi connectivity index (χ0n) is 11.6. The molecule has 0 aliphatic carbocycles. The minimum Gasteiger partial charge on any atom is -0.207 e. The van der Waals surface area contributed by atoms with E-state index in [2.05, 4.69) is 59.8 Å². The van der Waals surface area contributed by atoms with Crippen molar-refractivity contribution in [1.29, 1.82) is 0 Å². The topological polar surface area (TPSA) is 0 Å². The van der Waals surface area contributed by atoms with Crippen LogP contribution in [0.2, 0.25) is 0 Å². The zero-order valence-corrected chi connectivity index (χ0v) is 14.5. The Balaban J connectivity index is 1.83. The number of halogens is 2. The van der Waals surface area contributed by atoms with Crippen molar-refractivity contribution in [3.63, 3.8) is 0 Å².